The van der Waals surface area contributed by atoms with Crippen LogP contribution in [0.3, 0.4) is 0 Å². The van der Waals surface area contributed by atoms with Crippen LogP contribution in [0.2, 0.25) is 0 Å². The van der Waals surface area contributed by atoms with Gasteiger partial charge in [-0.05, 0) is 30.6 Å². The van der Waals surface area contributed by atoms with E-state index in [0.717, 1.165) is 25.0 Å². The van der Waals surface area contributed by atoms with Crippen LogP contribution in [-0.4, -0.2) is 58.6 Å². The van der Waals surface area contributed by atoms with E-state index < -0.39 is 62.9 Å². The van der Waals surface area contributed by atoms with E-state index in [2.05, 4.69) is 7.26 Å². The molecule has 0 aliphatic carbocycles. The summed E-state index contributed by atoms with van der Waals surface area (Å²) in [5.41, 5.74) is -11.2. The fourth-order valence-corrected chi connectivity index (χ4v) is 11.3. The first-order valence-corrected chi connectivity index (χ1v) is 15.4. The van der Waals surface area contributed by atoms with Crippen molar-refractivity contribution in [3.8, 4) is 0 Å². The van der Waals surface area contributed by atoms with Crippen LogP contribution in [0.4, 0.5) is 26.3 Å². The van der Waals surface area contributed by atoms with Crippen molar-refractivity contribution in [1.29, 1.82) is 0 Å². The maximum absolute atomic E-state index is 12.8. The summed E-state index contributed by atoms with van der Waals surface area (Å²) in [5.74, 6) is -0.512. The number of rotatable bonds is 8. The molecule has 0 saturated carbocycles. The molecule has 0 aliphatic heterocycles. The molecule has 0 spiro atoms. The Morgan fingerprint density at radius 2 is 1.17 bits per heavy atom. The van der Waals surface area contributed by atoms with Crippen molar-refractivity contribution >= 4 is 40.9 Å². The van der Waals surface area contributed by atoms with E-state index in [0.29, 0.717) is 0 Å². The van der Waals surface area contributed by atoms with Crippen LogP contribution in [0.15, 0.2) is 30.3 Å². The van der Waals surface area contributed by atoms with Crippen LogP contribution >= 0.6 is 20.6 Å². The lowest BCUT2D eigenvalue weighted by Gasteiger charge is -2.43. The standard InChI is InChI=1S/C14H20F6O6S4/c1-27(2,25-29(21,22)13(15,16)17)10-12(11-8-6-5-7-9-11)28(3,4)26-30(23,24)14(18,19)20/h5-9,12H,10H2,1-4H3. The molecule has 0 aliphatic rings. The summed E-state index contributed by atoms with van der Waals surface area (Å²) in [6, 6.07) is 7.34. The Balaban J connectivity index is 3.39. The van der Waals surface area contributed by atoms with E-state index in [4.69, 9.17) is 0 Å². The van der Waals surface area contributed by atoms with Crippen molar-refractivity contribution in [1.82, 2.24) is 0 Å². The average molecular weight is 527 g/mol. The molecule has 0 saturated heterocycles. The molecule has 178 valence electrons. The predicted octanol–water partition coefficient (Wildman–Crippen LogP) is 4.42. The smallest absolute Gasteiger partial charge is 0.214 e. The summed E-state index contributed by atoms with van der Waals surface area (Å²) in [6.45, 7) is 0. The fourth-order valence-electron chi connectivity index (χ4n) is 2.25. The van der Waals surface area contributed by atoms with Gasteiger partial charge in [0.25, 0.3) is 0 Å². The van der Waals surface area contributed by atoms with Crippen molar-refractivity contribution in [3.05, 3.63) is 35.9 Å². The molecule has 0 aromatic heterocycles. The Hall–Kier alpha value is -0.680. The van der Waals surface area contributed by atoms with Gasteiger partial charge in [-0.2, -0.15) is 43.2 Å². The molecule has 0 N–H and O–H groups in total. The molecule has 1 atom stereocenters. The zero-order valence-electron chi connectivity index (χ0n) is 16.0. The van der Waals surface area contributed by atoms with Gasteiger partial charge in [-0.15, -0.1) is 20.6 Å². The van der Waals surface area contributed by atoms with Crippen LogP contribution in [0, 0.1) is 0 Å². The molecule has 1 aromatic carbocycles. The second kappa shape index (κ2) is 8.69. The van der Waals surface area contributed by atoms with E-state index in [1.807, 2.05) is 0 Å². The lowest BCUT2D eigenvalue weighted by Crippen LogP contribution is -2.31. The summed E-state index contributed by atoms with van der Waals surface area (Å²) in [7, 11) is -18.3. The minimum atomic E-state index is -6.02. The van der Waals surface area contributed by atoms with Crippen LogP contribution < -0.4 is 0 Å². The molecule has 0 radical (unpaired) electrons. The van der Waals surface area contributed by atoms with Crippen LogP contribution in [0.25, 0.3) is 0 Å². The summed E-state index contributed by atoms with van der Waals surface area (Å²) >= 11 is 0. The lowest BCUT2D eigenvalue weighted by atomic mass is 10.2. The van der Waals surface area contributed by atoms with Gasteiger partial charge < -0.3 is 0 Å². The van der Waals surface area contributed by atoms with Gasteiger partial charge in [-0.3, -0.25) is 0 Å². The van der Waals surface area contributed by atoms with Crippen LogP contribution in [-0.2, 0) is 27.5 Å². The molecule has 0 amide bonds. The third kappa shape index (κ3) is 6.91. The predicted molar refractivity (Wildman–Crippen MR) is 105 cm³/mol. The maximum atomic E-state index is 12.8. The Kier molecular flexibility index (Phi) is 7.92. The van der Waals surface area contributed by atoms with Gasteiger partial charge in [-0.25, -0.2) is 7.26 Å². The van der Waals surface area contributed by atoms with E-state index in [-0.39, 0.29) is 5.56 Å². The Bertz CT molecular complexity index is 939. The van der Waals surface area contributed by atoms with Crippen molar-refractivity contribution in [2.45, 2.75) is 16.3 Å². The first kappa shape index (κ1) is 27.4. The molecule has 1 rings (SSSR count). The van der Waals surface area contributed by atoms with Gasteiger partial charge >= 0.3 is 31.3 Å². The second-order valence-corrected chi connectivity index (χ2v) is 17.0. The Morgan fingerprint density at radius 3 is 1.57 bits per heavy atom. The Morgan fingerprint density at radius 1 is 0.767 bits per heavy atom. The van der Waals surface area contributed by atoms with Gasteiger partial charge in [0.05, 0.1) is 0 Å². The van der Waals surface area contributed by atoms with E-state index >= 15 is 0 Å². The molecule has 16 heteroatoms. The highest BCUT2D eigenvalue weighted by molar-refractivity contribution is 8.35. The Labute approximate surface area is 174 Å². The van der Waals surface area contributed by atoms with E-state index in [9.17, 15) is 43.2 Å². The number of alkyl halides is 6. The van der Waals surface area contributed by atoms with Crippen LogP contribution in [0.1, 0.15) is 10.8 Å². The minimum absolute atomic E-state index is 0.253. The van der Waals surface area contributed by atoms with E-state index in [1.165, 1.54) is 24.3 Å². The first-order chi connectivity index (χ1) is 13.1. The third-order valence-electron chi connectivity index (χ3n) is 3.51. The van der Waals surface area contributed by atoms with Crippen LogP contribution in [0.5, 0.6) is 0 Å². The van der Waals surface area contributed by atoms with Gasteiger partial charge in [0.15, 0.2) is 0 Å². The summed E-state index contributed by atoms with van der Waals surface area (Å²) in [6.07, 6.45) is 4.31. The maximum Gasteiger partial charge on any atom is 0.523 e. The van der Waals surface area contributed by atoms with Crippen molar-refractivity contribution in [3.63, 3.8) is 0 Å². The molecule has 6 nitrogen and oxygen atoms in total. The highest BCUT2D eigenvalue weighted by Crippen LogP contribution is 2.63. The van der Waals surface area contributed by atoms with E-state index in [1.54, 1.807) is 6.07 Å². The first-order valence-electron chi connectivity index (χ1n) is 7.64. The summed E-state index contributed by atoms with van der Waals surface area (Å²) in [5, 5.41) is -1.19. The largest absolute Gasteiger partial charge is 0.523 e. The highest BCUT2D eigenvalue weighted by Gasteiger charge is 2.52. The zero-order valence-corrected chi connectivity index (χ0v) is 19.3. The van der Waals surface area contributed by atoms with Gasteiger partial charge in [0, 0.05) is 11.0 Å². The van der Waals surface area contributed by atoms with Crippen molar-refractivity contribution < 1.29 is 50.4 Å². The molecular formula is C14H20F6O6S4. The van der Waals surface area contributed by atoms with Gasteiger partial charge in [-0.1, -0.05) is 30.3 Å². The summed E-state index contributed by atoms with van der Waals surface area (Å²) < 4.78 is 131. The second-order valence-electron chi connectivity index (χ2n) is 6.75. The zero-order chi connectivity index (χ0) is 23.8. The number of benzene rings is 1. The molecule has 1 unspecified atom stereocenters. The third-order valence-corrected chi connectivity index (χ3v) is 12.1. The molecule has 0 fully saturated rings. The summed E-state index contributed by atoms with van der Waals surface area (Å²) in [4.78, 5) is 0. The van der Waals surface area contributed by atoms with Gasteiger partial charge in [0.1, 0.15) is 0 Å². The van der Waals surface area contributed by atoms with Crippen molar-refractivity contribution in [2.75, 3.05) is 30.8 Å². The lowest BCUT2D eigenvalue weighted by molar-refractivity contribution is -0.0501. The molecule has 30 heavy (non-hydrogen) atoms. The topological polar surface area (TPSA) is 86.7 Å². The normalized spacial score (nSPS) is 16.9. The minimum Gasteiger partial charge on any atom is -0.214 e. The monoisotopic (exact) mass is 526 g/mol. The fraction of sp³-hybridized carbons (Fsp3) is 0.571. The molecule has 0 bridgehead atoms. The quantitative estimate of drug-likeness (QED) is 0.368. The number of hydrogen-bond donors (Lipinski definition) is 0. The SMILES string of the molecule is CS(C)(CC(c1ccccc1)S(C)(C)OS(=O)(=O)C(F)(F)F)OS(=O)(=O)C(F)(F)F. The number of halogens is 6. The highest BCUT2D eigenvalue weighted by atomic mass is 32.3. The average Bonchev–Trinajstić information content (AvgIpc) is 2.49. The molecule has 0 heterocycles. The molecular weight excluding hydrogens is 506 g/mol. The van der Waals surface area contributed by atoms with Crippen molar-refractivity contribution in [2.24, 2.45) is 0 Å². The molecule has 1 aromatic rings. The van der Waals surface area contributed by atoms with Gasteiger partial charge in [0.2, 0.25) is 0 Å². The number of hydrogen-bond acceptors (Lipinski definition) is 6.